The Labute approximate surface area is 128 Å². The molecule has 0 radical (unpaired) electrons. The van der Waals surface area contributed by atoms with Crippen molar-refractivity contribution in [2.24, 2.45) is 5.92 Å². The van der Waals surface area contributed by atoms with Crippen LogP contribution in [0.2, 0.25) is 0 Å². The summed E-state index contributed by atoms with van der Waals surface area (Å²) in [6.07, 6.45) is 9.59. The maximum atomic E-state index is 4.88. The molecular formula is C17H28N4. The van der Waals surface area contributed by atoms with E-state index in [1.807, 2.05) is 6.20 Å². The van der Waals surface area contributed by atoms with E-state index < -0.39 is 0 Å². The second-order valence-electron chi connectivity index (χ2n) is 6.64. The molecular weight excluding hydrogens is 260 g/mol. The fourth-order valence-electron chi connectivity index (χ4n) is 3.58. The lowest BCUT2D eigenvalue weighted by atomic mass is 9.99. The number of hydrogen-bond donors (Lipinski definition) is 0. The SMILES string of the molecule is CCC1CCCCN1c1nccc(N2CCC(C)CC2)n1. The molecule has 2 fully saturated rings. The van der Waals surface area contributed by atoms with Crippen LogP contribution in [0, 0.1) is 5.92 Å². The largest absolute Gasteiger partial charge is 0.356 e. The summed E-state index contributed by atoms with van der Waals surface area (Å²) in [7, 11) is 0. The van der Waals surface area contributed by atoms with Crippen molar-refractivity contribution in [3.05, 3.63) is 12.3 Å². The van der Waals surface area contributed by atoms with E-state index in [0.29, 0.717) is 6.04 Å². The summed E-state index contributed by atoms with van der Waals surface area (Å²) in [6, 6.07) is 2.69. The van der Waals surface area contributed by atoms with E-state index in [1.165, 1.54) is 38.5 Å². The molecule has 4 nitrogen and oxygen atoms in total. The molecule has 2 aliphatic rings. The summed E-state index contributed by atoms with van der Waals surface area (Å²) >= 11 is 0. The van der Waals surface area contributed by atoms with E-state index in [-0.39, 0.29) is 0 Å². The average molecular weight is 288 g/mol. The highest BCUT2D eigenvalue weighted by Crippen LogP contribution is 2.26. The zero-order valence-corrected chi connectivity index (χ0v) is 13.5. The molecule has 3 heterocycles. The summed E-state index contributed by atoms with van der Waals surface area (Å²) in [5.74, 6) is 2.92. The molecule has 2 saturated heterocycles. The molecule has 0 bridgehead atoms. The minimum atomic E-state index is 0.621. The molecule has 1 aromatic heterocycles. The predicted octanol–water partition coefficient (Wildman–Crippen LogP) is 3.48. The topological polar surface area (TPSA) is 32.3 Å². The Hall–Kier alpha value is -1.32. The van der Waals surface area contributed by atoms with Gasteiger partial charge in [0.05, 0.1) is 0 Å². The Balaban J connectivity index is 1.76. The number of hydrogen-bond acceptors (Lipinski definition) is 4. The van der Waals surface area contributed by atoms with Crippen LogP contribution in [0.15, 0.2) is 12.3 Å². The standard InChI is InChI=1S/C17H28N4/c1-3-15-6-4-5-11-21(15)17-18-10-7-16(19-17)20-12-8-14(2)9-13-20/h7,10,14-15H,3-6,8-9,11-13H2,1-2H3. The van der Waals surface area contributed by atoms with Gasteiger partial charge < -0.3 is 9.80 Å². The van der Waals surface area contributed by atoms with Crippen LogP contribution in [-0.4, -0.2) is 35.6 Å². The summed E-state index contributed by atoms with van der Waals surface area (Å²) in [6.45, 7) is 8.00. The predicted molar refractivity (Wildman–Crippen MR) is 87.9 cm³/mol. The number of piperidine rings is 2. The van der Waals surface area contributed by atoms with Crippen LogP contribution in [0.1, 0.15) is 52.4 Å². The van der Waals surface area contributed by atoms with Crippen molar-refractivity contribution >= 4 is 11.8 Å². The average Bonchev–Trinajstić information content (AvgIpc) is 2.55. The normalized spacial score (nSPS) is 24.4. The fourth-order valence-corrected chi connectivity index (χ4v) is 3.58. The second kappa shape index (κ2) is 6.63. The number of aromatic nitrogens is 2. The Morgan fingerprint density at radius 1 is 1.14 bits per heavy atom. The van der Waals surface area contributed by atoms with Gasteiger partial charge >= 0.3 is 0 Å². The van der Waals surface area contributed by atoms with Gasteiger partial charge in [0.1, 0.15) is 5.82 Å². The maximum absolute atomic E-state index is 4.88. The van der Waals surface area contributed by atoms with Gasteiger partial charge in [-0.25, -0.2) is 4.98 Å². The van der Waals surface area contributed by atoms with Crippen molar-refractivity contribution < 1.29 is 0 Å². The Morgan fingerprint density at radius 2 is 1.95 bits per heavy atom. The number of nitrogens with zero attached hydrogens (tertiary/aromatic N) is 4. The first kappa shape index (κ1) is 14.6. The second-order valence-corrected chi connectivity index (χ2v) is 6.64. The monoisotopic (exact) mass is 288 g/mol. The van der Waals surface area contributed by atoms with Crippen molar-refractivity contribution in [2.45, 2.75) is 58.4 Å². The van der Waals surface area contributed by atoms with Crippen LogP contribution in [0.3, 0.4) is 0 Å². The van der Waals surface area contributed by atoms with Crippen LogP contribution in [-0.2, 0) is 0 Å². The zero-order valence-electron chi connectivity index (χ0n) is 13.5. The summed E-state index contributed by atoms with van der Waals surface area (Å²) in [5, 5.41) is 0. The maximum Gasteiger partial charge on any atom is 0.227 e. The van der Waals surface area contributed by atoms with Crippen LogP contribution < -0.4 is 9.80 Å². The number of anilines is 2. The van der Waals surface area contributed by atoms with Gasteiger partial charge in [-0.1, -0.05) is 13.8 Å². The molecule has 0 spiro atoms. The third kappa shape index (κ3) is 3.30. The van der Waals surface area contributed by atoms with Crippen molar-refractivity contribution in [3.63, 3.8) is 0 Å². The Bertz CT molecular complexity index is 454. The molecule has 1 atom stereocenters. The lowest BCUT2D eigenvalue weighted by Gasteiger charge is -2.36. The van der Waals surface area contributed by atoms with Gasteiger partial charge in [0, 0.05) is 31.9 Å². The number of rotatable bonds is 3. The first-order valence-electron chi connectivity index (χ1n) is 8.62. The molecule has 0 amide bonds. The molecule has 1 aromatic rings. The molecule has 21 heavy (non-hydrogen) atoms. The van der Waals surface area contributed by atoms with Crippen LogP contribution >= 0.6 is 0 Å². The molecule has 2 aliphatic heterocycles. The summed E-state index contributed by atoms with van der Waals surface area (Å²) in [5.41, 5.74) is 0. The van der Waals surface area contributed by atoms with E-state index in [4.69, 9.17) is 4.98 Å². The summed E-state index contributed by atoms with van der Waals surface area (Å²) < 4.78 is 0. The van der Waals surface area contributed by atoms with E-state index in [0.717, 1.165) is 37.3 Å². The molecule has 1 unspecified atom stereocenters. The smallest absolute Gasteiger partial charge is 0.227 e. The van der Waals surface area contributed by atoms with Gasteiger partial charge in [0.15, 0.2) is 0 Å². The minimum absolute atomic E-state index is 0.621. The van der Waals surface area contributed by atoms with Crippen molar-refractivity contribution in [1.29, 1.82) is 0 Å². The van der Waals surface area contributed by atoms with Gasteiger partial charge in [-0.15, -0.1) is 0 Å². The molecule has 0 saturated carbocycles. The molecule has 0 aromatic carbocycles. The van der Waals surface area contributed by atoms with E-state index in [9.17, 15) is 0 Å². The lowest BCUT2D eigenvalue weighted by Crippen LogP contribution is -2.40. The van der Waals surface area contributed by atoms with Gasteiger partial charge in [0.25, 0.3) is 0 Å². The highest BCUT2D eigenvalue weighted by Gasteiger charge is 2.24. The lowest BCUT2D eigenvalue weighted by molar-refractivity contribution is 0.433. The van der Waals surface area contributed by atoms with E-state index in [2.05, 4.69) is 34.7 Å². The fraction of sp³-hybridized carbons (Fsp3) is 0.765. The van der Waals surface area contributed by atoms with Crippen molar-refractivity contribution in [1.82, 2.24) is 9.97 Å². The minimum Gasteiger partial charge on any atom is -0.356 e. The van der Waals surface area contributed by atoms with Gasteiger partial charge in [-0.3, -0.25) is 0 Å². The highest BCUT2D eigenvalue weighted by atomic mass is 15.3. The van der Waals surface area contributed by atoms with Gasteiger partial charge in [-0.05, 0) is 50.5 Å². The highest BCUT2D eigenvalue weighted by molar-refractivity contribution is 5.44. The Morgan fingerprint density at radius 3 is 2.71 bits per heavy atom. The first-order valence-corrected chi connectivity index (χ1v) is 8.62. The van der Waals surface area contributed by atoms with Gasteiger partial charge in [0.2, 0.25) is 5.95 Å². The summed E-state index contributed by atoms with van der Waals surface area (Å²) in [4.78, 5) is 14.3. The van der Waals surface area contributed by atoms with Gasteiger partial charge in [-0.2, -0.15) is 4.98 Å². The van der Waals surface area contributed by atoms with Crippen molar-refractivity contribution in [3.8, 4) is 0 Å². The van der Waals surface area contributed by atoms with Crippen molar-refractivity contribution in [2.75, 3.05) is 29.4 Å². The van der Waals surface area contributed by atoms with Crippen LogP contribution in [0.25, 0.3) is 0 Å². The van der Waals surface area contributed by atoms with Crippen LogP contribution in [0.5, 0.6) is 0 Å². The molecule has 0 aliphatic carbocycles. The third-order valence-corrected chi connectivity index (χ3v) is 5.09. The molecule has 116 valence electrons. The Kier molecular flexibility index (Phi) is 4.61. The molecule has 4 heteroatoms. The van der Waals surface area contributed by atoms with E-state index in [1.54, 1.807) is 0 Å². The zero-order chi connectivity index (χ0) is 14.7. The third-order valence-electron chi connectivity index (χ3n) is 5.09. The molecule has 0 N–H and O–H groups in total. The quantitative estimate of drug-likeness (QED) is 0.852. The molecule has 3 rings (SSSR count). The van der Waals surface area contributed by atoms with Crippen LogP contribution in [0.4, 0.5) is 11.8 Å². The van der Waals surface area contributed by atoms with E-state index >= 15 is 0 Å². The first-order chi connectivity index (χ1) is 10.3.